The second-order valence-corrected chi connectivity index (χ2v) is 7.32. The van der Waals surface area contributed by atoms with Crippen LogP contribution in [0, 0.1) is 11.8 Å². The monoisotopic (exact) mass is 450 g/mol. The van der Waals surface area contributed by atoms with Gasteiger partial charge in [0, 0.05) is 14.5 Å². The average molecular weight is 452 g/mol. The summed E-state index contributed by atoms with van der Waals surface area (Å²) in [5.74, 6) is 6.70. The van der Waals surface area contributed by atoms with E-state index in [4.69, 9.17) is 0 Å². The van der Waals surface area contributed by atoms with Gasteiger partial charge in [-0.3, -0.25) is 0 Å². The third-order valence-electron chi connectivity index (χ3n) is 3.74. The van der Waals surface area contributed by atoms with Crippen LogP contribution < -0.4 is 0 Å². The van der Waals surface area contributed by atoms with E-state index in [1.54, 1.807) is 0 Å². The minimum atomic E-state index is 0.0134. The van der Waals surface area contributed by atoms with Crippen molar-refractivity contribution in [3.05, 3.63) is 112 Å². The van der Waals surface area contributed by atoms with Crippen molar-refractivity contribution in [1.29, 1.82) is 0 Å². The van der Waals surface area contributed by atoms with Gasteiger partial charge < -0.3 is 0 Å². The first-order valence-corrected chi connectivity index (χ1v) is 9.56. The number of rotatable bonds is 3. The van der Waals surface area contributed by atoms with E-state index < -0.39 is 0 Å². The van der Waals surface area contributed by atoms with Crippen LogP contribution in [-0.4, -0.2) is 0 Å². The molecule has 0 bridgehead atoms. The van der Waals surface area contributed by atoms with E-state index in [0.29, 0.717) is 0 Å². The molecule has 0 amide bonds. The summed E-state index contributed by atoms with van der Waals surface area (Å²) in [5.41, 5.74) is 3.34. The lowest BCUT2D eigenvalue weighted by Gasteiger charge is -2.08. The third-order valence-corrected chi connectivity index (χ3v) is 4.99. The summed E-state index contributed by atoms with van der Waals surface area (Å²) in [5, 5.41) is 0. The molecule has 3 aromatic carbocycles. The Labute approximate surface area is 165 Å². The molecule has 0 aliphatic rings. The zero-order valence-corrected chi connectivity index (χ0v) is 16.7. The Hall–Kier alpha value is -2.08. The zero-order chi connectivity index (χ0) is 17.5. The molecule has 0 N–H and O–H groups in total. The molecule has 0 radical (unpaired) electrons. The van der Waals surface area contributed by atoms with Gasteiger partial charge in [0.15, 0.2) is 0 Å². The lowest BCUT2D eigenvalue weighted by Crippen LogP contribution is -1.93. The van der Waals surface area contributed by atoms with Crippen molar-refractivity contribution in [3.8, 4) is 11.8 Å². The van der Waals surface area contributed by atoms with Gasteiger partial charge in [0.05, 0.1) is 5.92 Å². The van der Waals surface area contributed by atoms with E-state index in [-0.39, 0.29) is 5.92 Å². The topological polar surface area (TPSA) is 0 Å². The first-order valence-electron chi connectivity index (χ1n) is 7.97. The number of hydrogen-bond acceptors (Lipinski definition) is 0. The molecule has 0 spiro atoms. The van der Waals surface area contributed by atoms with Crippen molar-refractivity contribution in [2.45, 2.75) is 5.92 Å². The molecule has 3 rings (SSSR count). The highest BCUT2D eigenvalue weighted by Gasteiger charge is 2.07. The van der Waals surface area contributed by atoms with Crippen molar-refractivity contribution in [2.75, 3.05) is 0 Å². The molecule has 122 valence electrons. The minimum Gasteiger partial charge on any atom is -0.0854 e. The fourth-order valence-corrected chi connectivity index (χ4v) is 3.21. The van der Waals surface area contributed by atoms with Crippen LogP contribution in [0.1, 0.15) is 22.6 Å². The van der Waals surface area contributed by atoms with Crippen LogP contribution in [0.25, 0.3) is 4.48 Å². The highest BCUT2D eigenvalue weighted by atomic mass is 79.9. The van der Waals surface area contributed by atoms with Gasteiger partial charge in [-0.05, 0) is 35.4 Å². The molecule has 0 aromatic heterocycles. The van der Waals surface area contributed by atoms with Gasteiger partial charge >= 0.3 is 0 Å². The third kappa shape index (κ3) is 5.19. The highest BCUT2D eigenvalue weighted by molar-refractivity contribution is 9.15. The van der Waals surface area contributed by atoms with E-state index in [9.17, 15) is 0 Å². The van der Waals surface area contributed by atoms with Crippen LogP contribution in [0.5, 0.6) is 0 Å². The molecule has 0 saturated carbocycles. The molecule has 1 atom stereocenters. The van der Waals surface area contributed by atoms with Crippen LogP contribution in [-0.2, 0) is 0 Å². The van der Waals surface area contributed by atoms with E-state index in [1.165, 1.54) is 5.56 Å². The quantitative estimate of drug-likeness (QED) is 0.375. The van der Waals surface area contributed by atoms with Gasteiger partial charge in [-0.15, -0.1) is 0 Å². The van der Waals surface area contributed by atoms with E-state index in [2.05, 4.69) is 74.0 Å². The fourth-order valence-electron chi connectivity index (χ4n) is 2.42. The molecule has 0 heterocycles. The van der Waals surface area contributed by atoms with Crippen molar-refractivity contribution in [1.82, 2.24) is 0 Å². The van der Waals surface area contributed by atoms with Crippen molar-refractivity contribution < 1.29 is 0 Å². The summed E-state index contributed by atoms with van der Waals surface area (Å²) < 4.78 is 2.11. The Bertz CT molecular complexity index is 899. The number of allylic oxidation sites excluding steroid dienone is 1. The Morgan fingerprint density at radius 1 is 0.800 bits per heavy atom. The highest BCUT2D eigenvalue weighted by Crippen LogP contribution is 2.28. The van der Waals surface area contributed by atoms with Gasteiger partial charge in [-0.1, -0.05) is 110 Å². The Balaban J connectivity index is 1.96. The largest absolute Gasteiger partial charge is 0.0854 e. The molecular weight excluding hydrogens is 436 g/mol. The molecule has 3 aromatic rings. The van der Waals surface area contributed by atoms with Crippen LogP contribution in [0.4, 0.5) is 0 Å². The van der Waals surface area contributed by atoms with Gasteiger partial charge in [0.1, 0.15) is 0 Å². The predicted molar refractivity (Wildman–Crippen MR) is 114 cm³/mol. The van der Waals surface area contributed by atoms with Crippen molar-refractivity contribution in [3.63, 3.8) is 0 Å². The van der Waals surface area contributed by atoms with E-state index >= 15 is 0 Å². The van der Waals surface area contributed by atoms with Crippen molar-refractivity contribution >= 4 is 36.3 Å². The second kappa shape index (κ2) is 8.85. The predicted octanol–water partition coefficient (Wildman–Crippen LogP) is 7.02. The molecule has 0 aliphatic heterocycles. The Kier molecular flexibility index (Phi) is 6.28. The van der Waals surface area contributed by atoms with Crippen LogP contribution >= 0.6 is 31.9 Å². The maximum atomic E-state index is 3.71. The molecule has 25 heavy (non-hydrogen) atoms. The normalized spacial score (nSPS) is 12.2. The maximum absolute atomic E-state index is 3.71. The molecule has 0 aliphatic carbocycles. The molecule has 0 fully saturated rings. The van der Waals surface area contributed by atoms with E-state index in [0.717, 1.165) is 20.1 Å². The smallest absolute Gasteiger partial charge is 0.0650 e. The summed E-state index contributed by atoms with van der Waals surface area (Å²) in [6.45, 7) is 0. The Morgan fingerprint density at radius 3 is 2.04 bits per heavy atom. The van der Waals surface area contributed by atoms with Gasteiger partial charge in [-0.2, -0.15) is 0 Å². The number of benzene rings is 3. The molecular formula is C23H16Br2. The standard InChI is InChI=1S/C23H16Br2/c24-22-15-13-20(14-16-22)23(25)17-21(19-9-5-2-6-10-19)12-11-18-7-3-1-4-8-18/h1-10,13-17,21H/b23-17+. The fraction of sp³-hybridized carbons (Fsp3) is 0.0435. The molecule has 0 saturated heterocycles. The first-order chi connectivity index (χ1) is 12.2. The van der Waals surface area contributed by atoms with Gasteiger partial charge in [0.2, 0.25) is 0 Å². The number of hydrogen-bond donors (Lipinski definition) is 0. The lowest BCUT2D eigenvalue weighted by molar-refractivity contribution is 1.13. The van der Waals surface area contributed by atoms with Crippen LogP contribution in [0.3, 0.4) is 0 Å². The van der Waals surface area contributed by atoms with Crippen molar-refractivity contribution in [2.24, 2.45) is 0 Å². The first kappa shape index (κ1) is 17.7. The zero-order valence-electron chi connectivity index (χ0n) is 13.5. The van der Waals surface area contributed by atoms with Gasteiger partial charge in [-0.25, -0.2) is 0 Å². The maximum Gasteiger partial charge on any atom is 0.0650 e. The summed E-state index contributed by atoms with van der Waals surface area (Å²) >= 11 is 7.19. The second-order valence-electron chi connectivity index (χ2n) is 5.55. The minimum absolute atomic E-state index is 0.0134. The van der Waals surface area contributed by atoms with E-state index in [1.807, 2.05) is 60.7 Å². The Morgan fingerprint density at radius 2 is 1.40 bits per heavy atom. The van der Waals surface area contributed by atoms with Crippen LogP contribution in [0.15, 0.2) is 95.5 Å². The summed E-state index contributed by atoms with van der Waals surface area (Å²) in [7, 11) is 0. The van der Waals surface area contributed by atoms with Gasteiger partial charge in [0.25, 0.3) is 0 Å². The number of halogens is 2. The average Bonchev–Trinajstić information content (AvgIpc) is 2.67. The summed E-state index contributed by atoms with van der Waals surface area (Å²) in [6.07, 6.45) is 2.16. The lowest BCUT2D eigenvalue weighted by atomic mass is 9.98. The molecule has 0 nitrogen and oxygen atoms in total. The van der Waals surface area contributed by atoms with Crippen LogP contribution in [0.2, 0.25) is 0 Å². The summed E-state index contributed by atoms with van der Waals surface area (Å²) in [6, 6.07) is 28.7. The molecule has 2 heteroatoms. The summed E-state index contributed by atoms with van der Waals surface area (Å²) in [4.78, 5) is 0. The molecule has 1 unspecified atom stereocenters. The SMILES string of the molecule is Br/C(=C/C(C#Cc1ccccc1)c1ccccc1)c1ccc(Br)cc1.